The molecule has 1 aliphatic heterocycles. The first-order valence-corrected chi connectivity index (χ1v) is 9.90. The van der Waals surface area contributed by atoms with Gasteiger partial charge in [0, 0.05) is 23.9 Å². The third kappa shape index (κ3) is 3.36. The maximum Gasteiger partial charge on any atom is 0.336 e. The van der Waals surface area contributed by atoms with Gasteiger partial charge < -0.3 is 9.15 Å². The minimum absolute atomic E-state index is 0.104. The van der Waals surface area contributed by atoms with Crippen molar-refractivity contribution in [3.05, 3.63) is 70.6 Å². The van der Waals surface area contributed by atoms with E-state index in [1.165, 1.54) is 18.2 Å². The lowest BCUT2D eigenvalue weighted by atomic mass is 9.90. The SMILES string of the molecule is CC1(C)Oc2cc3oc(=O)ccc3cc2CC1OS(=O)(=O)c1ccccc1. The summed E-state index contributed by atoms with van der Waals surface area (Å²) in [6.07, 6.45) is -0.355. The summed E-state index contributed by atoms with van der Waals surface area (Å²) >= 11 is 0. The molecule has 0 saturated heterocycles. The molecule has 4 rings (SSSR count). The van der Waals surface area contributed by atoms with Gasteiger partial charge >= 0.3 is 5.63 Å². The van der Waals surface area contributed by atoms with Gasteiger partial charge in [-0.1, -0.05) is 18.2 Å². The minimum Gasteiger partial charge on any atom is -0.485 e. The second kappa shape index (κ2) is 6.21. The van der Waals surface area contributed by atoms with Crippen LogP contribution in [0.3, 0.4) is 0 Å². The lowest BCUT2D eigenvalue weighted by molar-refractivity contribution is -0.0236. The normalized spacial score (nSPS) is 18.7. The molecule has 0 radical (unpaired) electrons. The topological polar surface area (TPSA) is 82.8 Å². The molecule has 1 unspecified atom stereocenters. The smallest absolute Gasteiger partial charge is 0.336 e. The molecule has 2 heterocycles. The fourth-order valence-corrected chi connectivity index (χ4v) is 4.35. The molecule has 0 N–H and O–H groups in total. The van der Waals surface area contributed by atoms with Crippen LogP contribution in [0.5, 0.6) is 5.75 Å². The van der Waals surface area contributed by atoms with Gasteiger partial charge in [0.25, 0.3) is 10.1 Å². The highest BCUT2D eigenvalue weighted by atomic mass is 32.2. The first-order valence-electron chi connectivity index (χ1n) is 8.49. The molecule has 0 fully saturated rings. The maximum absolute atomic E-state index is 12.6. The molecule has 0 amide bonds. The van der Waals surface area contributed by atoms with Crippen molar-refractivity contribution in [3.63, 3.8) is 0 Å². The van der Waals surface area contributed by atoms with Crippen LogP contribution in [0.15, 0.2) is 68.7 Å². The van der Waals surface area contributed by atoms with Crippen LogP contribution in [-0.4, -0.2) is 20.1 Å². The van der Waals surface area contributed by atoms with E-state index < -0.39 is 27.4 Å². The quantitative estimate of drug-likeness (QED) is 0.507. The van der Waals surface area contributed by atoms with E-state index in [0.717, 1.165) is 10.9 Å². The summed E-state index contributed by atoms with van der Waals surface area (Å²) < 4.78 is 42.0. The third-order valence-electron chi connectivity index (χ3n) is 4.63. The molecular weight excluding hydrogens is 368 g/mol. The van der Waals surface area contributed by atoms with Gasteiger partial charge in [-0.05, 0) is 43.7 Å². The van der Waals surface area contributed by atoms with Crippen LogP contribution in [0.1, 0.15) is 19.4 Å². The number of hydrogen-bond acceptors (Lipinski definition) is 6. The monoisotopic (exact) mass is 386 g/mol. The average Bonchev–Trinajstić information content (AvgIpc) is 2.61. The van der Waals surface area contributed by atoms with Crippen LogP contribution >= 0.6 is 0 Å². The van der Waals surface area contributed by atoms with Gasteiger partial charge in [0.05, 0.1) is 4.90 Å². The summed E-state index contributed by atoms with van der Waals surface area (Å²) in [7, 11) is -3.92. The molecule has 0 aliphatic carbocycles. The van der Waals surface area contributed by atoms with E-state index in [4.69, 9.17) is 13.3 Å². The van der Waals surface area contributed by atoms with Crippen LogP contribution in [0.2, 0.25) is 0 Å². The zero-order valence-electron chi connectivity index (χ0n) is 14.8. The van der Waals surface area contributed by atoms with Gasteiger partial charge in [-0.15, -0.1) is 0 Å². The highest BCUT2D eigenvalue weighted by molar-refractivity contribution is 7.86. The number of rotatable bonds is 3. The Kier molecular flexibility index (Phi) is 4.09. The molecular formula is C20H18O6S. The Morgan fingerprint density at radius 3 is 2.56 bits per heavy atom. The van der Waals surface area contributed by atoms with Crippen molar-refractivity contribution in [3.8, 4) is 5.75 Å². The highest BCUT2D eigenvalue weighted by Crippen LogP contribution is 2.38. The van der Waals surface area contributed by atoms with E-state index in [1.807, 2.05) is 6.07 Å². The van der Waals surface area contributed by atoms with E-state index in [2.05, 4.69) is 0 Å². The predicted molar refractivity (Wildman–Crippen MR) is 99.4 cm³/mol. The molecule has 7 heteroatoms. The molecule has 2 aromatic carbocycles. The Labute approximate surface area is 156 Å². The van der Waals surface area contributed by atoms with Gasteiger partial charge in [-0.2, -0.15) is 8.42 Å². The zero-order valence-corrected chi connectivity index (χ0v) is 15.7. The van der Waals surface area contributed by atoms with E-state index in [1.54, 1.807) is 44.2 Å². The van der Waals surface area contributed by atoms with Crippen LogP contribution < -0.4 is 10.4 Å². The van der Waals surface area contributed by atoms with Crippen molar-refractivity contribution in [2.45, 2.75) is 36.9 Å². The van der Waals surface area contributed by atoms with E-state index in [9.17, 15) is 13.2 Å². The molecule has 1 aliphatic rings. The number of hydrogen-bond donors (Lipinski definition) is 0. The second-order valence-corrected chi connectivity index (χ2v) is 8.59. The van der Waals surface area contributed by atoms with Gasteiger partial charge in [-0.3, -0.25) is 4.18 Å². The van der Waals surface area contributed by atoms with Crippen molar-refractivity contribution in [2.24, 2.45) is 0 Å². The van der Waals surface area contributed by atoms with Crippen LogP contribution in [0.25, 0.3) is 11.0 Å². The Balaban J connectivity index is 1.70. The van der Waals surface area contributed by atoms with Gasteiger partial charge in [-0.25, -0.2) is 4.79 Å². The summed E-state index contributed by atoms with van der Waals surface area (Å²) in [6, 6.07) is 14.5. The Morgan fingerprint density at radius 1 is 1.07 bits per heavy atom. The standard InChI is InChI=1S/C20H18O6S/c1-20(2)18(26-27(22,23)15-6-4-3-5-7-15)11-14-10-13-8-9-19(21)24-16(13)12-17(14)25-20/h3-10,12,18H,11H2,1-2H3. The lowest BCUT2D eigenvalue weighted by Gasteiger charge is -2.39. The predicted octanol–water partition coefficient (Wildman–Crippen LogP) is 3.28. The molecule has 140 valence electrons. The van der Waals surface area contributed by atoms with Gasteiger partial charge in [0.2, 0.25) is 0 Å². The molecule has 6 nitrogen and oxygen atoms in total. The van der Waals surface area contributed by atoms with Crippen molar-refractivity contribution in [2.75, 3.05) is 0 Å². The number of fused-ring (bicyclic) bond motifs is 2. The summed E-state index contributed by atoms with van der Waals surface area (Å²) in [5.74, 6) is 0.554. The molecule has 1 aromatic heterocycles. The largest absolute Gasteiger partial charge is 0.485 e. The minimum atomic E-state index is -3.92. The van der Waals surface area contributed by atoms with Crippen LogP contribution in [0, 0.1) is 0 Å². The van der Waals surface area contributed by atoms with Crippen molar-refractivity contribution in [1.29, 1.82) is 0 Å². The van der Waals surface area contributed by atoms with E-state index >= 15 is 0 Å². The summed E-state index contributed by atoms with van der Waals surface area (Å²) in [5, 5.41) is 0.737. The van der Waals surface area contributed by atoms with Crippen molar-refractivity contribution in [1.82, 2.24) is 0 Å². The number of benzene rings is 2. The summed E-state index contributed by atoms with van der Waals surface area (Å²) in [6.45, 7) is 3.54. The van der Waals surface area contributed by atoms with Gasteiger partial charge in [0.1, 0.15) is 23.0 Å². The fraction of sp³-hybridized carbons (Fsp3) is 0.250. The molecule has 0 saturated carbocycles. The number of ether oxygens (including phenoxy) is 1. The van der Waals surface area contributed by atoms with E-state index in [-0.39, 0.29) is 4.90 Å². The molecule has 1 atom stereocenters. The average molecular weight is 386 g/mol. The van der Waals surface area contributed by atoms with Crippen molar-refractivity contribution < 1.29 is 21.8 Å². The van der Waals surface area contributed by atoms with Crippen molar-refractivity contribution >= 4 is 21.1 Å². The summed E-state index contributed by atoms with van der Waals surface area (Å²) in [5.41, 5.74) is -0.109. The third-order valence-corrected chi connectivity index (χ3v) is 5.97. The summed E-state index contributed by atoms with van der Waals surface area (Å²) in [4.78, 5) is 11.5. The first kappa shape index (κ1) is 17.8. The maximum atomic E-state index is 12.6. The molecule has 27 heavy (non-hydrogen) atoms. The Morgan fingerprint density at radius 2 is 1.81 bits per heavy atom. The van der Waals surface area contributed by atoms with Crippen LogP contribution in [0.4, 0.5) is 0 Å². The highest BCUT2D eigenvalue weighted by Gasteiger charge is 2.41. The van der Waals surface area contributed by atoms with Gasteiger partial charge in [0.15, 0.2) is 0 Å². The molecule has 0 spiro atoms. The Bertz CT molecular complexity index is 1160. The second-order valence-electron chi connectivity index (χ2n) is 7.01. The molecule has 0 bridgehead atoms. The molecule has 3 aromatic rings. The Hall–Kier alpha value is -2.64. The van der Waals surface area contributed by atoms with E-state index in [0.29, 0.717) is 17.8 Å². The fourth-order valence-electron chi connectivity index (χ4n) is 3.14. The zero-order chi connectivity index (χ0) is 19.2. The lowest BCUT2D eigenvalue weighted by Crippen LogP contribution is -2.48. The van der Waals surface area contributed by atoms with Crippen LogP contribution in [-0.2, 0) is 20.7 Å². The first-order chi connectivity index (χ1) is 12.7.